The highest BCUT2D eigenvalue weighted by atomic mass is 16.1. The summed E-state index contributed by atoms with van der Waals surface area (Å²) >= 11 is 0. The number of rotatable bonds is 7. The molecule has 0 aromatic carbocycles. The number of amides is 1. The molecule has 2 aliphatic heterocycles. The van der Waals surface area contributed by atoms with Gasteiger partial charge in [-0.05, 0) is 51.9 Å². The van der Waals surface area contributed by atoms with Gasteiger partial charge in [-0.1, -0.05) is 20.8 Å². The van der Waals surface area contributed by atoms with Crippen LogP contribution >= 0.6 is 0 Å². The first kappa shape index (κ1) is 21.4. The Morgan fingerprint density at radius 1 is 1.00 bits per heavy atom. The van der Waals surface area contributed by atoms with E-state index in [0.717, 1.165) is 25.4 Å². The standard InChI is InChI=1S/C17H34N4O.C2H6/c1-3-17(22)18-7-4-8-20-11-13-21(14-12-20)15-16-5-9-19(2)10-6-16;1-2/h16H,3-15H2,1-2H3,(H,18,22);1-2H3. The van der Waals surface area contributed by atoms with Crippen molar-refractivity contribution in [1.29, 1.82) is 0 Å². The molecular weight excluding hydrogens is 300 g/mol. The van der Waals surface area contributed by atoms with Crippen molar-refractivity contribution >= 4 is 5.91 Å². The van der Waals surface area contributed by atoms with Crippen molar-refractivity contribution in [3.8, 4) is 0 Å². The minimum absolute atomic E-state index is 0.169. The lowest BCUT2D eigenvalue weighted by Crippen LogP contribution is -2.49. The van der Waals surface area contributed by atoms with Gasteiger partial charge in [0.25, 0.3) is 0 Å². The third-order valence-corrected chi connectivity index (χ3v) is 5.11. The number of nitrogens with zero attached hydrogens (tertiary/aromatic N) is 3. The van der Waals surface area contributed by atoms with E-state index in [0.29, 0.717) is 6.42 Å². The smallest absolute Gasteiger partial charge is 0.219 e. The first-order valence-corrected chi connectivity index (χ1v) is 10.1. The molecule has 0 atom stereocenters. The number of piperazine rings is 1. The maximum Gasteiger partial charge on any atom is 0.219 e. The fourth-order valence-electron chi connectivity index (χ4n) is 3.46. The molecule has 0 spiro atoms. The lowest BCUT2D eigenvalue weighted by molar-refractivity contribution is -0.120. The van der Waals surface area contributed by atoms with Crippen LogP contribution in [-0.2, 0) is 4.79 Å². The zero-order valence-corrected chi connectivity index (χ0v) is 16.5. The molecule has 142 valence electrons. The Bertz CT molecular complexity index is 321. The predicted octanol–water partition coefficient (Wildman–Crippen LogP) is 1.89. The first-order chi connectivity index (χ1) is 11.7. The summed E-state index contributed by atoms with van der Waals surface area (Å²) in [5.41, 5.74) is 0. The number of carbonyl (C=O) groups is 1. The Labute approximate surface area is 149 Å². The molecule has 1 N–H and O–H groups in total. The second-order valence-corrected chi connectivity index (χ2v) is 6.95. The van der Waals surface area contributed by atoms with Crippen molar-refractivity contribution in [2.75, 3.05) is 66.0 Å². The monoisotopic (exact) mass is 340 g/mol. The van der Waals surface area contributed by atoms with Crippen molar-refractivity contribution in [2.24, 2.45) is 5.92 Å². The van der Waals surface area contributed by atoms with Crippen LogP contribution in [0.1, 0.15) is 46.5 Å². The van der Waals surface area contributed by atoms with Crippen LogP contribution in [0.4, 0.5) is 0 Å². The number of likely N-dealkylation sites (tertiary alicyclic amines) is 1. The summed E-state index contributed by atoms with van der Waals surface area (Å²) in [5.74, 6) is 1.08. The first-order valence-electron chi connectivity index (χ1n) is 10.1. The zero-order valence-electron chi connectivity index (χ0n) is 16.5. The molecule has 0 bridgehead atoms. The van der Waals surface area contributed by atoms with Gasteiger partial charge < -0.3 is 20.0 Å². The molecule has 2 saturated heterocycles. The van der Waals surface area contributed by atoms with E-state index in [1.807, 2.05) is 20.8 Å². The Morgan fingerprint density at radius 3 is 2.17 bits per heavy atom. The Kier molecular flexibility index (Phi) is 11.3. The minimum Gasteiger partial charge on any atom is -0.356 e. The number of carbonyl (C=O) groups excluding carboxylic acids is 1. The van der Waals surface area contributed by atoms with Gasteiger partial charge in [-0.25, -0.2) is 0 Å². The summed E-state index contributed by atoms with van der Waals surface area (Å²) < 4.78 is 0. The average molecular weight is 341 g/mol. The average Bonchev–Trinajstić information content (AvgIpc) is 2.63. The van der Waals surface area contributed by atoms with Gasteiger partial charge >= 0.3 is 0 Å². The van der Waals surface area contributed by atoms with Crippen molar-refractivity contribution in [3.63, 3.8) is 0 Å². The van der Waals surface area contributed by atoms with Gasteiger partial charge in [0.2, 0.25) is 5.91 Å². The molecule has 5 nitrogen and oxygen atoms in total. The molecule has 2 aliphatic rings. The minimum atomic E-state index is 0.169. The number of nitrogens with one attached hydrogen (secondary N) is 1. The van der Waals surface area contributed by atoms with Crippen molar-refractivity contribution in [1.82, 2.24) is 20.0 Å². The van der Waals surface area contributed by atoms with Gasteiger partial charge in [-0.2, -0.15) is 0 Å². The Balaban J connectivity index is 0.00000139. The lowest BCUT2D eigenvalue weighted by atomic mass is 9.96. The maximum atomic E-state index is 11.2. The summed E-state index contributed by atoms with van der Waals surface area (Å²) in [4.78, 5) is 18.8. The molecule has 2 rings (SSSR count). The predicted molar refractivity (Wildman–Crippen MR) is 102 cm³/mol. The summed E-state index contributed by atoms with van der Waals surface area (Å²) in [6, 6.07) is 0. The molecule has 0 aliphatic carbocycles. The van der Waals surface area contributed by atoms with Crippen LogP contribution in [0, 0.1) is 5.92 Å². The van der Waals surface area contributed by atoms with Crippen LogP contribution in [-0.4, -0.2) is 86.6 Å². The van der Waals surface area contributed by atoms with Gasteiger partial charge in [-0.3, -0.25) is 4.79 Å². The molecule has 0 unspecified atom stereocenters. The number of hydrogen-bond acceptors (Lipinski definition) is 4. The molecule has 24 heavy (non-hydrogen) atoms. The normalized spacial score (nSPS) is 21.2. The van der Waals surface area contributed by atoms with Crippen molar-refractivity contribution in [2.45, 2.75) is 46.5 Å². The summed E-state index contributed by atoms with van der Waals surface area (Å²) in [6.07, 6.45) is 4.40. The Morgan fingerprint density at radius 2 is 1.58 bits per heavy atom. The lowest BCUT2D eigenvalue weighted by Gasteiger charge is -2.38. The van der Waals surface area contributed by atoms with Gasteiger partial charge in [0, 0.05) is 45.7 Å². The van der Waals surface area contributed by atoms with Crippen LogP contribution in [0.15, 0.2) is 0 Å². The van der Waals surface area contributed by atoms with E-state index in [2.05, 4.69) is 27.1 Å². The van der Waals surface area contributed by atoms with E-state index >= 15 is 0 Å². The van der Waals surface area contributed by atoms with Gasteiger partial charge in [-0.15, -0.1) is 0 Å². The van der Waals surface area contributed by atoms with Gasteiger partial charge in [0.05, 0.1) is 0 Å². The fourth-order valence-corrected chi connectivity index (χ4v) is 3.46. The quantitative estimate of drug-likeness (QED) is 0.719. The van der Waals surface area contributed by atoms with Crippen LogP contribution in [0.5, 0.6) is 0 Å². The molecule has 1 amide bonds. The van der Waals surface area contributed by atoms with Crippen molar-refractivity contribution in [3.05, 3.63) is 0 Å². The molecule has 0 aromatic heterocycles. The number of hydrogen-bond donors (Lipinski definition) is 1. The van der Waals surface area contributed by atoms with E-state index in [9.17, 15) is 4.79 Å². The summed E-state index contributed by atoms with van der Waals surface area (Å²) in [7, 11) is 2.23. The van der Waals surface area contributed by atoms with Crippen LogP contribution in [0.2, 0.25) is 0 Å². The van der Waals surface area contributed by atoms with E-state index < -0.39 is 0 Å². The summed E-state index contributed by atoms with van der Waals surface area (Å²) in [5, 5.41) is 2.96. The van der Waals surface area contributed by atoms with E-state index in [4.69, 9.17) is 0 Å². The highest BCUT2D eigenvalue weighted by Crippen LogP contribution is 2.18. The van der Waals surface area contributed by atoms with Crippen LogP contribution < -0.4 is 5.32 Å². The molecule has 0 saturated carbocycles. The molecular formula is C19H40N4O. The Hall–Kier alpha value is -0.650. The van der Waals surface area contributed by atoms with E-state index in [1.54, 1.807) is 0 Å². The SMILES string of the molecule is CC.CCC(=O)NCCCN1CCN(CC2CCN(C)CC2)CC1. The largest absolute Gasteiger partial charge is 0.356 e. The third kappa shape index (κ3) is 8.45. The van der Waals surface area contributed by atoms with Gasteiger partial charge in [0.1, 0.15) is 0 Å². The number of piperidine rings is 1. The maximum absolute atomic E-state index is 11.2. The highest BCUT2D eigenvalue weighted by Gasteiger charge is 2.22. The second kappa shape index (κ2) is 12.7. The van der Waals surface area contributed by atoms with E-state index in [-0.39, 0.29) is 5.91 Å². The molecule has 5 heteroatoms. The second-order valence-electron chi connectivity index (χ2n) is 6.95. The molecule has 0 aromatic rings. The molecule has 0 radical (unpaired) electrons. The molecule has 2 heterocycles. The third-order valence-electron chi connectivity index (χ3n) is 5.11. The zero-order chi connectivity index (χ0) is 17.8. The van der Waals surface area contributed by atoms with Crippen LogP contribution in [0.25, 0.3) is 0 Å². The topological polar surface area (TPSA) is 38.8 Å². The van der Waals surface area contributed by atoms with Gasteiger partial charge in [0.15, 0.2) is 0 Å². The summed E-state index contributed by atoms with van der Waals surface area (Å²) in [6.45, 7) is 16.5. The van der Waals surface area contributed by atoms with E-state index in [1.165, 1.54) is 58.7 Å². The highest BCUT2D eigenvalue weighted by molar-refractivity contribution is 5.75. The van der Waals surface area contributed by atoms with Crippen LogP contribution in [0.3, 0.4) is 0 Å². The molecule has 2 fully saturated rings. The van der Waals surface area contributed by atoms with Crippen molar-refractivity contribution < 1.29 is 4.79 Å². The fraction of sp³-hybridized carbons (Fsp3) is 0.947.